The van der Waals surface area contributed by atoms with Crippen molar-refractivity contribution < 1.29 is 0 Å². The second-order valence-corrected chi connectivity index (χ2v) is 5.32. The lowest BCUT2D eigenvalue weighted by Crippen LogP contribution is -2.21. The molecule has 2 aromatic rings. The molecule has 2 heteroatoms. The maximum absolute atomic E-state index is 6.46. The van der Waals surface area contributed by atoms with E-state index >= 15 is 0 Å². The van der Waals surface area contributed by atoms with Crippen LogP contribution in [0.4, 0.5) is 0 Å². The average Bonchev–Trinajstić information content (AvgIpc) is 2.46. The van der Waals surface area contributed by atoms with Crippen LogP contribution in [0.5, 0.6) is 0 Å². The van der Waals surface area contributed by atoms with E-state index < -0.39 is 0 Å². The molecular weight excluding hydrogens is 232 g/mol. The van der Waals surface area contributed by atoms with Gasteiger partial charge in [-0.25, -0.2) is 0 Å². The van der Waals surface area contributed by atoms with Crippen LogP contribution in [0.25, 0.3) is 10.9 Å². The van der Waals surface area contributed by atoms with Gasteiger partial charge >= 0.3 is 0 Å². The zero-order chi connectivity index (χ0) is 13.7. The molecule has 2 N–H and O–H groups in total. The molecule has 0 saturated carbocycles. The van der Waals surface area contributed by atoms with Gasteiger partial charge in [-0.3, -0.25) is 4.98 Å². The fourth-order valence-electron chi connectivity index (χ4n) is 2.79. The lowest BCUT2D eigenvalue weighted by Gasteiger charge is -2.23. The molecule has 0 spiro atoms. The van der Waals surface area contributed by atoms with E-state index in [2.05, 4.69) is 37.0 Å². The third-order valence-electron chi connectivity index (χ3n) is 3.82. The van der Waals surface area contributed by atoms with Crippen molar-refractivity contribution >= 4 is 10.9 Å². The Bertz CT molecular complexity index is 515. The standard InChI is InChI=1S/C17H24N2/c1-3-7-13(8-4-2)17(18)15-11-14-9-5-6-10-16(14)19-12-15/h5-6,9-13,17H,3-4,7-8,18H2,1-2H3. The number of aromatic nitrogens is 1. The summed E-state index contributed by atoms with van der Waals surface area (Å²) in [5, 5.41) is 1.18. The molecule has 1 unspecified atom stereocenters. The van der Waals surface area contributed by atoms with Crippen LogP contribution in [0.1, 0.15) is 51.1 Å². The number of pyridine rings is 1. The number of hydrogen-bond acceptors (Lipinski definition) is 2. The number of benzene rings is 1. The largest absolute Gasteiger partial charge is 0.324 e. The highest BCUT2D eigenvalue weighted by molar-refractivity contribution is 5.78. The Labute approximate surface area is 116 Å². The molecule has 1 aromatic carbocycles. The molecule has 0 aliphatic rings. The highest BCUT2D eigenvalue weighted by Crippen LogP contribution is 2.28. The van der Waals surface area contributed by atoms with E-state index in [0.29, 0.717) is 5.92 Å². The lowest BCUT2D eigenvalue weighted by atomic mass is 9.87. The van der Waals surface area contributed by atoms with Crippen molar-refractivity contribution in [2.75, 3.05) is 0 Å². The van der Waals surface area contributed by atoms with E-state index in [0.717, 1.165) is 5.52 Å². The van der Waals surface area contributed by atoms with E-state index in [-0.39, 0.29) is 6.04 Å². The number of para-hydroxylation sites is 1. The summed E-state index contributed by atoms with van der Waals surface area (Å²) >= 11 is 0. The summed E-state index contributed by atoms with van der Waals surface area (Å²) in [5.74, 6) is 0.568. The van der Waals surface area contributed by atoms with Gasteiger partial charge in [0.2, 0.25) is 0 Å². The molecule has 0 bridgehead atoms. The van der Waals surface area contributed by atoms with Gasteiger partial charge in [-0.15, -0.1) is 0 Å². The van der Waals surface area contributed by atoms with Gasteiger partial charge in [-0.2, -0.15) is 0 Å². The predicted octanol–water partition coefficient (Wildman–Crippen LogP) is 4.45. The molecule has 1 atom stereocenters. The fourth-order valence-corrected chi connectivity index (χ4v) is 2.79. The topological polar surface area (TPSA) is 38.9 Å². The maximum Gasteiger partial charge on any atom is 0.0702 e. The normalized spacial score (nSPS) is 13.1. The van der Waals surface area contributed by atoms with Gasteiger partial charge in [0.15, 0.2) is 0 Å². The van der Waals surface area contributed by atoms with Gasteiger partial charge < -0.3 is 5.73 Å². The Kier molecular flexibility index (Phi) is 4.92. The highest BCUT2D eigenvalue weighted by Gasteiger charge is 2.18. The summed E-state index contributed by atoms with van der Waals surface area (Å²) in [6, 6.07) is 10.5. The number of hydrogen-bond donors (Lipinski definition) is 1. The minimum atomic E-state index is 0.108. The zero-order valence-electron chi connectivity index (χ0n) is 12.0. The predicted molar refractivity (Wildman–Crippen MR) is 82.0 cm³/mol. The summed E-state index contributed by atoms with van der Waals surface area (Å²) in [6.45, 7) is 4.46. The van der Waals surface area contributed by atoms with Crippen molar-refractivity contribution in [1.29, 1.82) is 0 Å². The minimum Gasteiger partial charge on any atom is -0.324 e. The Hall–Kier alpha value is -1.41. The molecule has 19 heavy (non-hydrogen) atoms. The SMILES string of the molecule is CCCC(CCC)C(N)c1cnc2ccccc2c1. The van der Waals surface area contributed by atoms with Crippen LogP contribution in [-0.2, 0) is 0 Å². The van der Waals surface area contributed by atoms with Gasteiger partial charge in [0.05, 0.1) is 5.52 Å². The molecule has 0 fully saturated rings. The van der Waals surface area contributed by atoms with Crippen LogP contribution in [0, 0.1) is 5.92 Å². The van der Waals surface area contributed by atoms with Crippen LogP contribution in [-0.4, -0.2) is 4.98 Å². The Balaban J connectivity index is 2.26. The van der Waals surface area contributed by atoms with Crippen molar-refractivity contribution in [3.63, 3.8) is 0 Å². The zero-order valence-corrected chi connectivity index (χ0v) is 12.0. The second-order valence-electron chi connectivity index (χ2n) is 5.32. The Morgan fingerprint density at radius 1 is 1.11 bits per heavy atom. The first-order valence-corrected chi connectivity index (χ1v) is 7.36. The first-order valence-electron chi connectivity index (χ1n) is 7.36. The Morgan fingerprint density at radius 3 is 2.47 bits per heavy atom. The summed E-state index contributed by atoms with van der Waals surface area (Å²) < 4.78 is 0. The first kappa shape index (κ1) is 14.0. The monoisotopic (exact) mass is 256 g/mol. The van der Waals surface area contributed by atoms with Crippen molar-refractivity contribution in [2.45, 2.75) is 45.6 Å². The molecule has 2 rings (SSSR count). The molecule has 1 heterocycles. The second kappa shape index (κ2) is 6.67. The molecular formula is C17H24N2. The summed E-state index contributed by atoms with van der Waals surface area (Å²) in [6.07, 6.45) is 6.73. The quantitative estimate of drug-likeness (QED) is 0.829. The van der Waals surface area contributed by atoms with Crippen molar-refractivity contribution in [3.8, 4) is 0 Å². The van der Waals surface area contributed by atoms with Crippen molar-refractivity contribution in [2.24, 2.45) is 11.7 Å². The van der Waals surface area contributed by atoms with E-state index in [1.54, 1.807) is 0 Å². The third-order valence-corrected chi connectivity index (χ3v) is 3.82. The van der Waals surface area contributed by atoms with E-state index in [1.807, 2.05) is 18.3 Å². The molecule has 0 amide bonds. The minimum absolute atomic E-state index is 0.108. The van der Waals surface area contributed by atoms with E-state index in [4.69, 9.17) is 5.73 Å². The van der Waals surface area contributed by atoms with Gasteiger partial charge in [-0.05, 0) is 36.5 Å². The van der Waals surface area contributed by atoms with Crippen LogP contribution >= 0.6 is 0 Å². The molecule has 0 radical (unpaired) electrons. The third kappa shape index (κ3) is 3.32. The van der Waals surface area contributed by atoms with Gasteiger partial charge in [0, 0.05) is 17.6 Å². The maximum atomic E-state index is 6.46. The summed E-state index contributed by atoms with van der Waals surface area (Å²) in [5.41, 5.74) is 8.68. The van der Waals surface area contributed by atoms with Crippen LogP contribution in [0.3, 0.4) is 0 Å². The van der Waals surface area contributed by atoms with Crippen LogP contribution in [0.2, 0.25) is 0 Å². The summed E-state index contributed by atoms with van der Waals surface area (Å²) in [4.78, 5) is 4.52. The highest BCUT2D eigenvalue weighted by atomic mass is 14.7. The van der Waals surface area contributed by atoms with Crippen molar-refractivity contribution in [1.82, 2.24) is 4.98 Å². The van der Waals surface area contributed by atoms with Gasteiger partial charge in [0.25, 0.3) is 0 Å². The van der Waals surface area contributed by atoms with Crippen LogP contribution < -0.4 is 5.73 Å². The molecule has 0 aliphatic heterocycles. The smallest absolute Gasteiger partial charge is 0.0702 e. The molecule has 102 valence electrons. The van der Waals surface area contributed by atoms with E-state index in [9.17, 15) is 0 Å². The first-order chi connectivity index (χ1) is 9.26. The summed E-state index contributed by atoms with van der Waals surface area (Å²) in [7, 11) is 0. The van der Waals surface area contributed by atoms with Gasteiger partial charge in [0.1, 0.15) is 0 Å². The molecule has 0 aliphatic carbocycles. The molecule has 1 aromatic heterocycles. The van der Waals surface area contributed by atoms with Crippen molar-refractivity contribution in [3.05, 3.63) is 42.1 Å². The molecule has 2 nitrogen and oxygen atoms in total. The number of nitrogens with two attached hydrogens (primary N) is 1. The van der Waals surface area contributed by atoms with Gasteiger partial charge in [-0.1, -0.05) is 44.9 Å². The number of rotatable bonds is 6. The van der Waals surface area contributed by atoms with Crippen LogP contribution in [0.15, 0.2) is 36.5 Å². The van der Waals surface area contributed by atoms with E-state index in [1.165, 1.54) is 36.6 Å². The number of nitrogens with zero attached hydrogens (tertiary/aromatic N) is 1. The Morgan fingerprint density at radius 2 is 1.79 bits per heavy atom. The number of fused-ring (bicyclic) bond motifs is 1. The lowest BCUT2D eigenvalue weighted by molar-refractivity contribution is 0.368. The fraction of sp³-hybridized carbons (Fsp3) is 0.471. The average molecular weight is 256 g/mol. The molecule has 0 saturated heterocycles.